The van der Waals surface area contributed by atoms with Gasteiger partial charge in [-0.3, -0.25) is 0 Å². The molecule has 2 aromatic rings. The molecule has 4 heteroatoms. The molecule has 0 amide bonds. The number of methoxy groups -OCH3 is 2. The second-order valence-corrected chi connectivity index (χ2v) is 6.12. The van der Waals surface area contributed by atoms with E-state index in [0.717, 1.165) is 48.0 Å². The third kappa shape index (κ3) is 4.44. The molecule has 0 saturated heterocycles. The quantitative estimate of drug-likeness (QED) is 0.452. The van der Waals surface area contributed by atoms with Gasteiger partial charge in [-0.15, -0.1) is 11.6 Å². The molecule has 0 fully saturated rings. The van der Waals surface area contributed by atoms with Gasteiger partial charge in [0.25, 0.3) is 0 Å². The van der Waals surface area contributed by atoms with Crippen molar-refractivity contribution in [3.63, 3.8) is 0 Å². The highest BCUT2D eigenvalue weighted by molar-refractivity contribution is 6.20. The first kappa shape index (κ1) is 17.7. The number of benzene rings is 2. The number of halogens is 1. The third-order valence-corrected chi connectivity index (χ3v) is 4.49. The van der Waals surface area contributed by atoms with Gasteiger partial charge in [-0.1, -0.05) is 31.2 Å². The van der Waals surface area contributed by atoms with Gasteiger partial charge < -0.3 is 14.2 Å². The summed E-state index contributed by atoms with van der Waals surface area (Å²) in [6, 6.07) is 9.94. The fraction of sp³-hybridized carbons (Fsp3) is 0.474. The van der Waals surface area contributed by atoms with Gasteiger partial charge in [0.1, 0.15) is 5.75 Å². The van der Waals surface area contributed by atoms with E-state index in [0.29, 0.717) is 12.4 Å². The Kier molecular flexibility index (Phi) is 6.85. The second-order valence-electron chi connectivity index (χ2n) is 5.51. The summed E-state index contributed by atoms with van der Waals surface area (Å²) < 4.78 is 16.9. The van der Waals surface area contributed by atoms with E-state index in [4.69, 9.17) is 25.8 Å². The van der Waals surface area contributed by atoms with Crippen LogP contribution in [0, 0.1) is 0 Å². The van der Waals surface area contributed by atoms with Crippen LogP contribution in [0.1, 0.15) is 32.6 Å². The Bertz CT molecular complexity index is 627. The highest BCUT2D eigenvalue weighted by Gasteiger charge is 2.14. The molecule has 0 aliphatic heterocycles. The maximum absolute atomic E-state index is 6.14. The number of hydrogen-bond acceptors (Lipinski definition) is 3. The van der Waals surface area contributed by atoms with Crippen LogP contribution in [0.5, 0.6) is 17.2 Å². The summed E-state index contributed by atoms with van der Waals surface area (Å²) in [5.74, 6) is 2.26. The van der Waals surface area contributed by atoms with Crippen LogP contribution in [0.25, 0.3) is 10.8 Å². The maximum atomic E-state index is 6.14. The van der Waals surface area contributed by atoms with Gasteiger partial charge >= 0.3 is 0 Å². The number of alkyl halides is 1. The van der Waals surface area contributed by atoms with E-state index < -0.39 is 0 Å². The highest BCUT2D eigenvalue weighted by Crippen LogP contribution is 2.41. The molecule has 2 rings (SSSR count). The van der Waals surface area contributed by atoms with E-state index in [1.54, 1.807) is 14.2 Å². The van der Waals surface area contributed by atoms with Crippen LogP contribution in [0.4, 0.5) is 0 Å². The number of hydrogen-bond donors (Lipinski definition) is 0. The molecular formula is C19H25ClO3. The predicted octanol–water partition coefficient (Wildman–Crippen LogP) is 5.42. The van der Waals surface area contributed by atoms with Gasteiger partial charge in [0.05, 0.1) is 20.8 Å². The predicted molar refractivity (Wildman–Crippen MR) is 96.3 cm³/mol. The molecule has 3 nitrogen and oxygen atoms in total. The van der Waals surface area contributed by atoms with Crippen molar-refractivity contribution in [1.82, 2.24) is 0 Å². The minimum Gasteiger partial charge on any atom is -0.493 e. The molecule has 2 aromatic carbocycles. The molecule has 0 N–H and O–H groups in total. The van der Waals surface area contributed by atoms with E-state index in [2.05, 4.69) is 6.92 Å². The van der Waals surface area contributed by atoms with Gasteiger partial charge in [0.15, 0.2) is 11.5 Å². The van der Waals surface area contributed by atoms with Crippen LogP contribution in [0.15, 0.2) is 30.3 Å². The number of unbranched alkanes of at least 4 members (excludes halogenated alkanes) is 1. The van der Waals surface area contributed by atoms with Gasteiger partial charge in [0, 0.05) is 22.2 Å². The summed E-state index contributed by atoms with van der Waals surface area (Å²) in [5, 5.41) is 2.31. The lowest BCUT2D eigenvalue weighted by Crippen LogP contribution is -2.02. The summed E-state index contributed by atoms with van der Waals surface area (Å²) >= 11 is 6.14. The molecular weight excluding hydrogens is 312 g/mol. The van der Waals surface area contributed by atoms with E-state index in [-0.39, 0.29) is 5.38 Å². The zero-order valence-electron chi connectivity index (χ0n) is 14.1. The van der Waals surface area contributed by atoms with Gasteiger partial charge in [-0.2, -0.15) is 0 Å². The van der Waals surface area contributed by atoms with Crippen LogP contribution in [0.3, 0.4) is 0 Å². The van der Waals surface area contributed by atoms with Gasteiger partial charge in [-0.05, 0) is 25.7 Å². The largest absolute Gasteiger partial charge is 0.493 e. The molecule has 0 heterocycles. The van der Waals surface area contributed by atoms with Crippen molar-refractivity contribution < 1.29 is 14.2 Å². The van der Waals surface area contributed by atoms with Crippen molar-refractivity contribution in [2.24, 2.45) is 0 Å². The first-order valence-electron chi connectivity index (χ1n) is 8.11. The zero-order valence-corrected chi connectivity index (χ0v) is 14.9. The Morgan fingerprint density at radius 2 is 1.74 bits per heavy atom. The number of fused-ring (bicyclic) bond motifs is 1. The van der Waals surface area contributed by atoms with E-state index >= 15 is 0 Å². The molecule has 126 valence electrons. The first-order chi connectivity index (χ1) is 11.2. The lowest BCUT2D eigenvalue weighted by atomic mass is 10.1. The standard InChI is InChI=1S/C19H25ClO3/c1-4-14(20)9-7-8-12-23-17-13-18(21-2)19(22-3)16-11-6-5-10-15(16)17/h5-6,10-11,13-14H,4,7-9,12H2,1-3H3. The Balaban J connectivity index is 2.11. The fourth-order valence-electron chi connectivity index (χ4n) is 2.63. The highest BCUT2D eigenvalue weighted by atomic mass is 35.5. The molecule has 0 spiro atoms. The summed E-state index contributed by atoms with van der Waals surface area (Å²) in [7, 11) is 3.29. The van der Waals surface area contributed by atoms with Crippen molar-refractivity contribution in [3.8, 4) is 17.2 Å². The molecule has 1 atom stereocenters. The lowest BCUT2D eigenvalue weighted by Gasteiger charge is -2.15. The van der Waals surface area contributed by atoms with Crippen molar-refractivity contribution in [1.29, 1.82) is 0 Å². The van der Waals surface area contributed by atoms with Crippen LogP contribution in [0.2, 0.25) is 0 Å². The Morgan fingerprint density at radius 3 is 2.39 bits per heavy atom. The molecule has 23 heavy (non-hydrogen) atoms. The Labute approximate surface area is 143 Å². The topological polar surface area (TPSA) is 27.7 Å². The van der Waals surface area contributed by atoms with Crippen molar-refractivity contribution in [2.45, 2.75) is 38.0 Å². The molecule has 0 aliphatic carbocycles. The average molecular weight is 337 g/mol. The van der Waals surface area contributed by atoms with Crippen molar-refractivity contribution in [2.75, 3.05) is 20.8 Å². The Hall–Kier alpha value is -1.61. The Morgan fingerprint density at radius 1 is 1.00 bits per heavy atom. The monoisotopic (exact) mass is 336 g/mol. The van der Waals surface area contributed by atoms with Crippen LogP contribution >= 0.6 is 11.6 Å². The molecule has 0 aliphatic rings. The minimum atomic E-state index is 0.275. The molecule has 0 aromatic heterocycles. The van der Waals surface area contributed by atoms with E-state index in [1.807, 2.05) is 30.3 Å². The normalized spacial score (nSPS) is 12.2. The minimum absolute atomic E-state index is 0.275. The molecule has 0 radical (unpaired) electrons. The van der Waals surface area contributed by atoms with Gasteiger partial charge in [-0.25, -0.2) is 0 Å². The summed E-state index contributed by atoms with van der Waals surface area (Å²) in [6.07, 6.45) is 4.12. The van der Waals surface area contributed by atoms with Crippen molar-refractivity contribution >= 4 is 22.4 Å². The molecule has 1 unspecified atom stereocenters. The molecule has 0 bridgehead atoms. The van der Waals surface area contributed by atoms with E-state index in [9.17, 15) is 0 Å². The fourth-order valence-corrected chi connectivity index (χ4v) is 2.78. The van der Waals surface area contributed by atoms with Crippen LogP contribution < -0.4 is 14.2 Å². The first-order valence-corrected chi connectivity index (χ1v) is 8.55. The average Bonchev–Trinajstić information content (AvgIpc) is 2.60. The number of ether oxygens (including phenoxy) is 3. The zero-order chi connectivity index (χ0) is 16.7. The van der Waals surface area contributed by atoms with Crippen molar-refractivity contribution in [3.05, 3.63) is 30.3 Å². The maximum Gasteiger partial charge on any atom is 0.168 e. The lowest BCUT2D eigenvalue weighted by molar-refractivity contribution is 0.304. The smallest absolute Gasteiger partial charge is 0.168 e. The second kappa shape index (κ2) is 8.88. The van der Waals surface area contributed by atoms with E-state index in [1.165, 1.54) is 0 Å². The summed E-state index contributed by atoms with van der Waals surface area (Å²) in [6.45, 7) is 2.79. The summed E-state index contributed by atoms with van der Waals surface area (Å²) in [4.78, 5) is 0. The molecule has 0 saturated carbocycles. The van der Waals surface area contributed by atoms with Gasteiger partial charge in [0.2, 0.25) is 0 Å². The summed E-state index contributed by atoms with van der Waals surface area (Å²) in [5.41, 5.74) is 0. The van der Waals surface area contributed by atoms with Crippen LogP contribution in [-0.4, -0.2) is 26.2 Å². The van der Waals surface area contributed by atoms with Crippen LogP contribution in [-0.2, 0) is 0 Å². The third-order valence-electron chi connectivity index (χ3n) is 3.96. The number of rotatable bonds is 9. The SMILES string of the molecule is CCC(Cl)CCCCOc1cc(OC)c(OC)c2ccccc12.